The van der Waals surface area contributed by atoms with Gasteiger partial charge in [-0.25, -0.2) is 10.2 Å². The Balaban J connectivity index is 1.90. The fourth-order valence-corrected chi connectivity index (χ4v) is 1.83. The molecule has 0 aromatic heterocycles. The molecule has 7 heteroatoms. The first-order valence-corrected chi connectivity index (χ1v) is 6.74. The maximum Gasteiger partial charge on any atom is 0.337 e. The van der Waals surface area contributed by atoms with E-state index in [1.165, 1.54) is 7.11 Å². The fourth-order valence-electron chi connectivity index (χ4n) is 1.71. The summed E-state index contributed by atoms with van der Waals surface area (Å²) < 4.78 is 5.08. The van der Waals surface area contributed by atoms with Crippen molar-refractivity contribution in [2.75, 3.05) is 12.4 Å². The van der Waals surface area contributed by atoms with Gasteiger partial charge in [0.05, 0.1) is 12.7 Å². The Morgan fingerprint density at radius 2 is 1.68 bits per heavy atom. The summed E-state index contributed by atoms with van der Waals surface area (Å²) in [5, 5.41) is 3.12. The quantitative estimate of drug-likeness (QED) is 0.761. The van der Waals surface area contributed by atoms with E-state index in [1.807, 2.05) is 0 Å². The molecule has 0 aliphatic carbocycles. The summed E-state index contributed by atoms with van der Waals surface area (Å²) in [6.45, 7) is 0. The van der Waals surface area contributed by atoms with Crippen LogP contribution in [0, 0.1) is 0 Å². The summed E-state index contributed by atoms with van der Waals surface area (Å²) in [6, 6.07) is 12.7. The van der Waals surface area contributed by atoms with Crippen molar-refractivity contribution in [2.24, 2.45) is 0 Å². The SMILES string of the molecule is COc1ccccc1C(=O)NNC(=O)Nc1ccc(Cl)cc1. The van der Waals surface area contributed by atoms with Crippen molar-refractivity contribution in [3.05, 3.63) is 59.1 Å². The number of carbonyl (C=O) groups is 2. The van der Waals surface area contributed by atoms with Gasteiger partial charge in [0.1, 0.15) is 5.75 Å². The molecule has 2 aromatic rings. The van der Waals surface area contributed by atoms with Crippen LogP contribution >= 0.6 is 11.6 Å². The highest BCUT2D eigenvalue weighted by atomic mass is 35.5. The predicted octanol–water partition coefficient (Wildman–Crippen LogP) is 2.82. The summed E-state index contributed by atoms with van der Waals surface area (Å²) >= 11 is 5.75. The molecular formula is C15H14ClN3O3. The lowest BCUT2D eigenvalue weighted by Crippen LogP contribution is -2.44. The van der Waals surface area contributed by atoms with Gasteiger partial charge in [0.25, 0.3) is 5.91 Å². The van der Waals surface area contributed by atoms with Crippen LogP contribution in [-0.2, 0) is 0 Å². The maximum atomic E-state index is 12.0. The van der Waals surface area contributed by atoms with Gasteiger partial charge in [0.15, 0.2) is 0 Å². The number of hydrazine groups is 1. The number of para-hydroxylation sites is 1. The van der Waals surface area contributed by atoms with Gasteiger partial charge in [0, 0.05) is 10.7 Å². The molecule has 3 N–H and O–H groups in total. The lowest BCUT2D eigenvalue weighted by atomic mass is 10.2. The van der Waals surface area contributed by atoms with Crippen LogP contribution in [0.25, 0.3) is 0 Å². The Morgan fingerprint density at radius 3 is 2.36 bits per heavy atom. The zero-order chi connectivity index (χ0) is 15.9. The number of hydrogen-bond acceptors (Lipinski definition) is 3. The number of anilines is 1. The summed E-state index contributed by atoms with van der Waals surface area (Å²) in [5.41, 5.74) is 5.42. The first-order chi connectivity index (χ1) is 10.6. The van der Waals surface area contributed by atoms with Gasteiger partial charge in [-0.15, -0.1) is 0 Å². The third-order valence-corrected chi connectivity index (χ3v) is 3.00. The van der Waals surface area contributed by atoms with Crippen LogP contribution in [0.15, 0.2) is 48.5 Å². The Hall–Kier alpha value is -2.73. The third-order valence-electron chi connectivity index (χ3n) is 2.74. The van der Waals surface area contributed by atoms with Gasteiger partial charge in [-0.05, 0) is 36.4 Å². The molecule has 22 heavy (non-hydrogen) atoms. The number of rotatable bonds is 3. The van der Waals surface area contributed by atoms with E-state index in [0.29, 0.717) is 22.0 Å². The molecule has 0 saturated carbocycles. The number of hydrogen-bond donors (Lipinski definition) is 3. The molecule has 6 nitrogen and oxygen atoms in total. The Bertz CT molecular complexity index is 674. The third kappa shape index (κ3) is 4.13. The van der Waals surface area contributed by atoms with Crippen LogP contribution in [0.1, 0.15) is 10.4 Å². The maximum absolute atomic E-state index is 12.0. The van der Waals surface area contributed by atoms with Crippen molar-refractivity contribution in [1.82, 2.24) is 10.9 Å². The number of ether oxygens (including phenoxy) is 1. The Kier molecular flexibility index (Phi) is 5.21. The second-order valence-corrected chi connectivity index (χ2v) is 4.68. The van der Waals surface area contributed by atoms with Crippen molar-refractivity contribution in [3.8, 4) is 5.75 Å². The van der Waals surface area contributed by atoms with Crippen LogP contribution < -0.4 is 20.9 Å². The molecule has 0 atom stereocenters. The molecule has 114 valence electrons. The monoisotopic (exact) mass is 319 g/mol. The summed E-state index contributed by atoms with van der Waals surface area (Å²) in [7, 11) is 1.47. The summed E-state index contributed by atoms with van der Waals surface area (Å²) in [4.78, 5) is 23.7. The van der Waals surface area contributed by atoms with E-state index < -0.39 is 11.9 Å². The van der Waals surface area contributed by atoms with E-state index in [1.54, 1.807) is 48.5 Å². The topological polar surface area (TPSA) is 79.5 Å². The van der Waals surface area contributed by atoms with Gasteiger partial charge in [0.2, 0.25) is 0 Å². The van der Waals surface area contributed by atoms with Crippen LogP contribution in [0.5, 0.6) is 5.75 Å². The molecule has 0 aliphatic heterocycles. The number of halogens is 1. The molecule has 0 aliphatic rings. The predicted molar refractivity (Wildman–Crippen MR) is 84.1 cm³/mol. The highest BCUT2D eigenvalue weighted by molar-refractivity contribution is 6.30. The second kappa shape index (κ2) is 7.33. The average Bonchev–Trinajstić information content (AvgIpc) is 2.54. The number of carbonyl (C=O) groups excluding carboxylic acids is 2. The first kappa shape index (κ1) is 15.7. The van der Waals surface area contributed by atoms with E-state index in [-0.39, 0.29) is 0 Å². The van der Waals surface area contributed by atoms with Crippen molar-refractivity contribution in [3.63, 3.8) is 0 Å². The first-order valence-electron chi connectivity index (χ1n) is 6.36. The zero-order valence-corrected chi connectivity index (χ0v) is 12.5. The van der Waals surface area contributed by atoms with Crippen LogP contribution in [-0.4, -0.2) is 19.0 Å². The minimum Gasteiger partial charge on any atom is -0.496 e. The molecule has 0 fully saturated rings. The molecule has 0 radical (unpaired) electrons. The van der Waals surface area contributed by atoms with E-state index >= 15 is 0 Å². The second-order valence-electron chi connectivity index (χ2n) is 4.24. The highest BCUT2D eigenvalue weighted by Gasteiger charge is 2.12. The molecule has 2 rings (SSSR count). The van der Waals surface area contributed by atoms with E-state index in [2.05, 4.69) is 16.2 Å². The van der Waals surface area contributed by atoms with E-state index in [9.17, 15) is 9.59 Å². The number of amides is 3. The number of nitrogens with one attached hydrogen (secondary N) is 3. The number of urea groups is 1. The van der Waals surface area contributed by atoms with E-state index in [0.717, 1.165) is 0 Å². The minimum atomic E-state index is -0.578. The van der Waals surface area contributed by atoms with Crippen molar-refractivity contribution in [2.45, 2.75) is 0 Å². The van der Waals surface area contributed by atoms with Gasteiger partial charge < -0.3 is 10.1 Å². The molecule has 2 aromatic carbocycles. The van der Waals surface area contributed by atoms with Gasteiger partial charge >= 0.3 is 6.03 Å². The summed E-state index contributed by atoms with van der Waals surface area (Å²) in [6.07, 6.45) is 0. The lowest BCUT2D eigenvalue weighted by Gasteiger charge is -2.11. The normalized spacial score (nSPS) is 9.73. The van der Waals surface area contributed by atoms with Crippen molar-refractivity contribution >= 4 is 29.2 Å². The van der Waals surface area contributed by atoms with Gasteiger partial charge in [-0.2, -0.15) is 0 Å². The molecule has 0 bridgehead atoms. The number of benzene rings is 2. The molecule has 0 spiro atoms. The largest absolute Gasteiger partial charge is 0.496 e. The van der Waals surface area contributed by atoms with Crippen molar-refractivity contribution in [1.29, 1.82) is 0 Å². The molecule has 0 unspecified atom stereocenters. The van der Waals surface area contributed by atoms with Crippen LogP contribution in [0.4, 0.5) is 10.5 Å². The smallest absolute Gasteiger partial charge is 0.337 e. The van der Waals surface area contributed by atoms with Crippen LogP contribution in [0.2, 0.25) is 5.02 Å². The van der Waals surface area contributed by atoms with Gasteiger partial charge in [-0.1, -0.05) is 23.7 Å². The standard InChI is InChI=1S/C15H14ClN3O3/c1-22-13-5-3-2-4-12(13)14(20)18-19-15(21)17-11-8-6-10(16)7-9-11/h2-9H,1H3,(H,18,20)(H2,17,19,21). The van der Waals surface area contributed by atoms with E-state index in [4.69, 9.17) is 16.3 Å². The zero-order valence-electron chi connectivity index (χ0n) is 11.7. The fraction of sp³-hybridized carbons (Fsp3) is 0.0667. The van der Waals surface area contributed by atoms with Gasteiger partial charge in [-0.3, -0.25) is 10.2 Å². The Labute approximate surface area is 132 Å². The summed E-state index contributed by atoms with van der Waals surface area (Å²) in [5.74, 6) is -0.0661. The lowest BCUT2D eigenvalue weighted by molar-refractivity contribution is 0.0935. The van der Waals surface area contributed by atoms with Crippen molar-refractivity contribution < 1.29 is 14.3 Å². The molecule has 0 saturated heterocycles. The molecular weight excluding hydrogens is 306 g/mol. The van der Waals surface area contributed by atoms with Crippen LogP contribution in [0.3, 0.4) is 0 Å². The molecule has 0 heterocycles. The number of methoxy groups -OCH3 is 1. The minimum absolute atomic E-state index is 0.316. The Morgan fingerprint density at radius 1 is 1.00 bits per heavy atom. The molecule has 3 amide bonds. The highest BCUT2D eigenvalue weighted by Crippen LogP contribution is 2.16. The average molecular weight is 320 g/mol.